The van der Waals surface area contributed by atoms with Crippen LogP contribution in [0.15, 0.2) is 0 Å². The second kappa shape index (κ2) is 2.38. The Morgan fingerprint density at radius 1 is 1.60 bits per heavy atom. The van der Waals surface area contributed by atoms with Gasteiger partial charge in [-0.3, -0.25) is 14.5 Å². The van der Waals surface area contributed by atoms with Crippen molar-refractivity contribution in [2.24, 2.45) is 5.73 Å². The van der Waals surface area contributed by atoms with Crippen molar-refractivity contribution in [1.29, 1.82) is 0 Å². The number of carbonyl (C=O) groups excluding carboxylic acids is 2. The number of rotatable bonds is 0. The van der Waals surface area contributed by atoms with Crippen LogP contribution in [-0.4, -0.2) is 29.8 Å². The van der Waals surface area contributed by atoms with E-state index in [1.54, 1.807) is 0 Å². The van der Waals surface area contributed by atoms with Gasteiger partial charge in [0.15, 0.2) is 0 Å². The van der Waals surface area contributed by atoms with E-state index in [1.807, 2.05) is 0 Å². The van der Waals surface area contributed by atoms with Gasteiger partial charge in [0.05, 0.1) is 6.04 Å². The van der Waals surface area contributed by atoms with Crippen LogP contribution in [0.4, 0.5) is 0 Å². The first-order valence-electron chi connectivity index (χ1n) is 3.19. The number of nitrogens with zero attached hydrogens (tertiary/aromatic N) is 1. The fourth-order valence-corrected chi connectivity index (χ4v) is 0.942. The predicted molar refractivity (Wildman–Crippen MR) is 35.0 cm³/mol. The van der Waals surface area contributed by atoms with Crippen LogP contribution in [0.5, 0.6) is 0 Å². The molecule has 0 aliphatic carbocycles. The lowest BCUT2D eigenvalue weighted by Gasteiger charge is -2.24. The Hall–Kier alpha value is -0.900. The van der Waals surface area contributed by atoms with Crippen molar-refractivity contribution in [3.63, 3.8) is 0 Å². The van der Waals surface area contributed by atoms with Crippen LogP contribution in [0.25, 0.3) is 0 Å². The largest absolute Gasteiger partial charge is 0.320 e. The van der Waals surface area contributed by atoms with Gasteiger partial charge >= 0.3 is 0 Å². The molecule has 4 heteroatoms. The molecular weight excluding hydrogens is 132 g/mol. The molecule has 0 spiro atoms. The van der Waals surface area contributed by atoms with E-state index in [0.717, 1.165) is 4.90 Å². The average molecular weight is 142 g/mol. The summed E-state index contributed by atoms with van der Waals surface area (Å²) in [5, 5.41) is 0. The third kappa shape index (κ3) is 1.02. The minimum atomic E-state index is -0.470. The Kier molecular flexibility index (Phi) is 1.72. The number of hydrogen-bond donors (Lipinski definition) is 1. The molecule has 1 rings (SSSR count). The van der Waals surface area contributed by atoms with E-state index in [9.17, 15) is 9.59 Å². The molecule has 56 valence electrons. The lowest BCUT2D eigenvalue weighted by molar-refractivity contribution is -0.147. The van der Waals surface area contributed by atoms with Crippen molar-refractivity contribution >= 4 is 11.8 Å². The highest BCUT2D eigenvalue weighted by Crippen LogP contribution is 2.08. The Bertz CT molecular complexity index is 179. The first kappa shape index (κ1) is 7.21. The fraction of sp³-hybridized carbons (Fsp3) is 0.667. The quantitative estimate of drug-likeness (QED) is 0.445. The summed E-state index contributed by atoms with van der Waals surface area (Å²) in [4.78, 5) is 22.8. The first-order chi connectivity index (χ1) is 4.63. The third-order valence-corrected chi connectivity index (χ3v) is 1.69. The van der Waals surface area contributed by atoms with Gasteiger partial charge in [0.1, 0.15) is 0 Å². The van der Waals surface area contributed by atoms with Crippen LogP contribution in [0, 0.1) is 0 Å². The molecular formula is C6H10N2O2. The zero-order valence-corrected chi connectivity index (χ0v) is 5.83. The van der Waals surface area contributed by atoms with Gasteiger partial charge in [-0.25, -0.2) is 0 Å². The molecule has 4 nitrogen and oxygen atoms in total. The van der Waals surface area contributed by atoms with E-state index < -0.39 is 6.04 Å². The summed E-state index contributed by atoms with van der Waals surface area (Å²) in [6.45, 7) is 0. The normalized spacial score (nSPS) is 27.4. The van der Waals surface area contributed by atoms with Crippen molar-refractivity contribution in [2.75, 3.05) is 7.05 Å². The smallest absolute Gasteiger partial charge is 0.245 e. The second-order valence-electron chi connectivity index (χ2n) is 2.44. The van der Waals surface area contributed by atoms with E-state index in [2.05, 4.69) is 0 Å². The fourth-order valence-electron chi connectivity index (χ4n) is 0.942. The number of piperidine rings is 1. The van der Waals surface area contributed by atoms with Gasteiger partial charge in [0.25, 0.3) is 0 Å². The van der Waals surface area contributed by atoms with Crippen molar-refractivity contribution in [1.82, 2.24) is 4.90 Å². The molecule has 2 N–H and O–H groups in total. The van der Waals surface area contributed by atoms with Gasteiger partial charge in [-0.1, -0.05) is 0 Å². The van der Waals surface area contributed by atoms with E-state index >= 15 is 0 Å². The highest BCUT2D eigenvalue weighted by atomic mass is 16.2. The number of amides is 2. The molecule has 0 aromatic rings. The summed E-state index contributed by atoms with van der Waals surface area (Å²) in [6, 6.07) is -0.470. The predicted octanol–water partition coefficient (Wildman–Crippen LogP) is -0.908. The second-order valence-corrected chi connectivity index (χ2v) is 2.44. The monoisotopic (exact) mass is 142 g/mol. The van der Waals surface area contributed by atoms with E-state index in [1.165, 1.54) is 7.05 Å². The SMILES string of the molecule is CN1C(=O)CCC(N)C1=O. The van der Waals surface area contributed by atoms with E-state index in [4.69, 9.17) is 5.73 Å². The topological polar surface area (TPSA) is 63.4 Å². The molecule has 0 bridgehead atoms. The number of likely N-dealkylation sites (N-methyl/N-ethyl adjacent to an activating group) is 1. The minimum absolute atomic E-state index is 0.133. The minimum Gasteiger partial charge on any atom is -0.320 e. The third-order valence-electron chi connectivity index (χ3n) is 1.69. The van der Waals surface area contributed by atoms with Gasteiger partial charge in [-0.05, 0) is 6.42 Å². The van der Waals surface area contributed by atoms with Gasteiger partial charge in [-0.15, -0.1) is 0 Å². The Morgan fingerprint density at radius 3 is 2.70 bits per heavy atom. The number of hydrogen-bond acceptors (Lipinski definition) is 3. The summed E-state index contributed by atoms with van der Waals surface area (Å²) in [5.41, 5.74) is 5.39. The van der Waals surface area contributed by atoms with E-state index in [-0.39, 0.29) is 11.8 Å². The first-order valence-corrected chi connectivity index (χ1v) is 3.19. The maximum absolute atomic E-state index is 10.9. The molecule has 0 saturated carbocycles. The Balaban J connectivity index is 2.70. The van der Waals surface area contributed by atoms with Gasteiger partial charge in [0.2, 0.25) is 11.8 Å². The molecule has 0 aromatic carbocycles. The lowest BCUT2D eigenvalue weighted by atomic mass is 10.1. The summed E-state index contributed by atoms with van der Waals surface area (Å²) in [6.07, 6.45) is 0.880. The van der Waals surface area contributed by atoms with Gasteiger partial charge in [-0.2, -0.15) is 0 Å². The lowest BCUT2D eigenvalue weighted by Crippen LogP contribution is -2.49. The maximum atomic E-state index is 10.9. The highest BCUT2D eigenvalue weighted by molar-refractivity contribution is 5.99. The van der Waals surface area contributed by atoms with Gasteiger partial charge < -0.3 is 5.73 Å². The van der Waals surface area contributed by atoms with Gasteiger partial charge in [0, 0.05) is 13.5 Å². The number of likely N-dealkylation sites (tertiary alicyclic amines) is 1. The number of imide groups is 1. The van der Waals surface area contributed by atoms with Crippen LogP contribution in [0.3, 0.4) is 0 Å². The summed E-state index contributed by atoms with van der Waals surface area (Å²) in [5.74, 6) is -0.400. The zero-order valence-electron chi connectivity index (χ0n) is 5.83. The van der Waals surface area contributed by atoms with Crippen molar-refractivity contribution in [2.45, 2.75) is 18.9 Å². The molecule has 2 amide bonds. The molecule has 1 aliphatic heterocycles. The van der Waals surface area contributed by atoms with E-state index in [0.29, 0.717) is 12.8 Å². The molecule has 1 fully saturated rings. The standard InChI is InChI=1S/C6H10N2O2/c1-8-5(9)3-2-4(7)6(8)10/h4H,2-3,7H2,1H3. The molecule has 1 saturated heterocycles. The summed E-state index contributed by atoms with van der Waals surface area (Å²) < 4.78 is 0. The Morgan fingerprint density at radius 2 is 2.20 bits per heavy atom. The number of nitrogens with two attached hydrogens (primary N) is 1. The number of carbonyl (C=O) groups is 2. The maximum Gasteiger partial charge on any atom is 0.245 e. The Labute approximate surface area is 59.0 Å². The highest BCUT2D eigenvalue weighted by Gasteiger charge is 2.28. The molecule has 1 aliphatic rings. The summed E-state index contributed by atoms with van der Waals surface area (Å²) >= 11 is 0. The van der Waals surface area contributed by atoms with Crippen molar-refractivity contribution in [3.8, 4) is 0 Å². The molecule has 1 atom stereocenters. The zero-order chi connectivity index (χ0) is 7.72. The summed E-state index contributed by atoms with van der Waals surface area (Å²) in [7, 11) is 1.46. The van der Waals surface area contributed by atoms with Crippen LogP contribution in [-0.2, 0) is 9.59 Å². The van der Waals surface area contributed by atoms with Crippen molar-refractivity contribution < 1.29 is 9.59 Å². The molecule has 0 aromatic heterocycles. The van der Waals surface area contributed by atoms with Crippen LogP contribution < -0.4 is 5.73 Å². The molecule has 10 heavy (non-hydrogen) atoms. The molecule has 1 heterocycles. The van der Waals surface area contributed by atoms with Crippen LogP contribution in [0.2, 0.25) is 0 Å². The average Bonchev–Trinajstić information content (AvgIpc) is 1.93. The molecule has 1 unspecified atom stereocenters. The van der Waals surface area contributed by atoms with Crippen LogP contribution in [0.1, 0.15) is 12.8 Å². The molecule has 0 radical (unpaired) electrons. The van der Waals surface area contributed by atoms with Crippen molar-refractivity contribution in [3.05, 3.63) is 0 Å². The van der Waals surface area contributed by atoms with Crippen LogP contribution >= 0.6 is 0 Å².